The van der Waals surface area contributed by atoms with Gasteiger partial charge in [0.1, 0.15) is 11.3 Å². The van der Waals surface area contributed by atoms with Gasteiger partial charge in [-0.1, -0.05) is 0 Å². The molecule has 33 heavy (non-hydrogen) atoms. The lowest BCUT2D eigenvalue weighted by Crippen LogP contribution is -2.37. The largest absolute Gasteiger partial charge is 0.378 e. The molecule has 4 aromatic heterocycles. The second-order valence-corrected chi connectivity index (χ2v) is 7.85. The van der Waals surface area contributed by atoms with E-state index >= 15 is 0 Å². The normalized spacial score (nSPS) is 13.9. The molecule has 0 spiro atoms. The number of nitrogen functional groups attached to an aromatic ring is 1. The maximum absolute atomic E-state index is 11.5. The van der Waals surface area contributed by atoms with Gasteiger partial charge in [0.15, 0.2) is 11.6 Å². The molecular weight excluding hydrogens is 420 g/mol. The predicted molar refractivity (Wildman–Crippen MR) is 123 cm³/mol. The van der Waals surface area contributed by atoms with Gasteiger partial charge in [0.25, 0.3) is 0 Å². The lowest BCUT2D eigenvalue weighted by atomic mass is 10.0. The number of aromatic nitrogens is 6. The van der Waals surface area contributed by atoms with Gasteiger partial charge in [0.2, 0.25) is 5.95 Å². The Bertz CT molecular complexity index is 1320. The van der Waals surface area contributed by atoms with Crippen molar-refractivity contribution in [1.82, 2.24) is 29.9 Å². The van der Waals surface area contributed by atoms with E-state index in [9.17, 15) is 4.79 Å². The average Bonchev–Trinajstić information content (AvgIpc) is 2.84. The fourth-order valence-corrected chi connectivity index (χ4v) is 3.77. The van der Waals surface area contributed by atoms with Crippen molar-refractivity contribution in [3.63, 3.8) is 0 Å². The fourth-order valence-electron chi connectivity index (χ4n) is 3.77. The Labute approximate surface area is 189 Å². The van der Waals surface area contributed by atoms with Crippen LogP contribution in [-0.2, 0) is 16.0 Å². The zero-order valence-corrected chi connectivity index (χ0v) is 18.1. The first kappa shape index (κ1) is 20.8. The van der Waals surface area contributed by atoms with Crippen molar-refractivity contribution in [2.24, 2.45) is 0 Å². The molecule has 1 saturated heterocycles. The van der Waals surface area contributed by atoms with Crippen molar-refractivity contribution in [2.45, 2.75) is 13.3 Å². The lowest BCUT2D eigenvalue weighted by Gasteiger charge is -2.28. The molecule has 0 saturated carbocycles. The summed E-state index contributed by atoms with van der Waals surface area (Å²) in [6.45, 7) is 4.24. The van der Waals surface area contributed by atoms with Gasteiger partial charge in [-0.25, -0.2) is 19.9 Å². The van der Waals surface area contributed by atoms with Crippen LogP contribution in [0.5, 0.6) is 0 Å². The highest BCUT2D eigenvalue weighted by Crippen LogP contribution is 2.29. The van der Waals surface area contributed by atoms with Crippen molar-refractivity contribution in [3.05, 3.63) is 48.7 Å². The number of fused-ring (bicyclic) bond motifs is 1. The number of ether oxygens (including phenoxy) is 1. The molecule has 0 radical (unpaired) electrons. The SMILES string of the molecule is CC(=O)Cc1cncc(-c2cnc3c(N4CCOCC4)nc(-c4cnc(N)nc4)nc3c2)c1. The van der Waals surface area contributed by atoms with Crippen LogP contribution in [-0.4, -0.2) is 62.0 Å². The Kier molecular flexibility index (Phi) is 5.57. The summed E-state index contributed by atoms with van der Waals surface area (Å²) in [6, 6.07) is 3.92. The smallest absolute Gasteiger partial charge is 0.219 e. The van der Waals surface area contributed by atoms with Crippen LogP contribution in [0, 0.1) is 0 Å². The van der Waals surface area contributed by atoms with E-state index in [1.165, 1.54) is 0 Å². The predicted octanol–water partition coefficient (Wildman–Crippen LogP) is 2.09. The van der Waals surface area contributed by atoms with Crippen molar-refractivity contribution in [2.75, 3.05) is 36.9 Å². The van der Waals surface area contributed by atoms with Crippen LogP contribution in [0.2, 0.25) is 0 Å². The molecule has 5 rings (SSSR count). The van der Waals surface area contributed by atoms with Crippen molar-refractivity contribution in [1.29, 1.82) is 0 Å². The number of ketones is 1. The van der Waals surface area contributed by atoms with Crippen molar-refractivity contribution < 1.29 is 9.53 Å². The molecule has 166 valence electrons. The Morgan fingerprint density at radius 1 is 0.970 bits per heavy atom. The number of hydrogen-bond acceptors (Lipinski definition) is 10. The Hall–Kier alpha value is -4.05. The van der Waals surface area contributed by atoms with Crippen molar-refractivity contribution in [3.8, 4) is 22.5 Å². The van der Waals surface area contributed by atoms with E-state index in [0.717, 1.165) is 22.5 Å². The number of hydrogen-bond donors (Lipinski definition) is 1. The third-order valence-corrected chi connectivity index (χ3v) is 5.34. The number of anilines is 2. The highest BCUT2D eigenvalue weighted by atomic mass is 16.5. The first-order chi connectivity index (χ1) is 16.1. The van der Waals surface area contributed by atoms with Crippen LogP contribution in [0.1, 0.15) is 12.5 Å². The van der Waals surface area contributed by atoms with Crippen LogP contribution >= 0.6 is 0 Å². The Morgan fingerprint density at radius 2 is 1.70 bits per heavy atom. The van der Waals surface area contributed by atoms with Crippen LogP contribution in [0.25, 0.3) is 33.5 Å². The standard InChI is InChI=1S/C23H22N8O2/c1-14(32)6-15-7-16(10-25-9-15)17-8-19-20(26-11-17)22(31-2-4-33-5-3-31)30-21(29-19)18-12-27-23(24)28-13-18/h7-13H,2-6H2,1H3,(H2,24,27,28). The summed E-state index contributed by atoms with van der Waals surface area (Å²) in [5.41, 5.74) is 10.3. The number of morpholine rings is 1. The number of carbonyl (C=O) groups excluding carboxylic acids is 1. The number of rotatable bonds is 5. The lowest BCUT2D eigenvalue weighted by molar-refractivity contribution is -0.116. The van der Waals surface area contributed by atoms with Gasteiger partial charge < -0.3 is 15.4 Å². The highest BCUT2D eigenvalue weighted by Gasteiger charge is 2.20. The van der Waals surface area contributed by atoms with Gasteiger partial charge in [-0.15, -0.1) is 0 Å². The van der Waals surface area contributed by atoms with Gasteiger partial charge in [-0.2, -0.15) is 0 Å². The molecule has 10 nitrogen and oxygen atoms in total. The first-order valence-corrected chi connectivity index (χ1v) is 10.6. The molecule has 1 aliphatic heterocycles. The Balaban J connectivity index is 1.63. The Morgan fingerprint density at radius 3 is 2.45 bits per heavy atom. The molecule has 4 aromatic rings. The maximum Gasteiger partial charge on any atom is 0.219 e. The summed E-state index contributed by atoms with van der Waals surface area (Å²) in [5, 5.41) is 0. The summed E-state index contributed by atoms with van der Waals surface area (Å²) < 4.78 is 5.51. The highest BCUT2D eigenvalue weighted by molar-refractivity contribution is 5.90. The summed E-state index contributed by atoms with van der Waals surface area (Å²) in [4.78, 5) is 40.4. The van der Waals surface area contributed by atoms with E-state index in [1.54, 1.807) is 37.9 Å². The molecule has 10 heteroatoms. The molecule has 5 heterocycles. The van der Waals surface area contributed by atoms with E-state index in [4.69, 9.17) is 25.4 Å². The third-order valence-electron chi connectivity index (χ3n) is 5.34. The second-order valence-electron chi connectivity index (χ2n) is 7.85. The number of nitrogens with two attached hydrogens (primary N) is 1. The van der Waals surface area contributed by atoms with Crippen LogP contribution in [0.15, 0.2) is 43.1 Å². The maximum atomic E-state index is 11.5. The fraction of sp³-hybridized carbons (Fsp3) is 0.261. The first-order valence-electron chi connectivity index (χ1n) is 10.6. The van der Waals surface area contributed by atoms with Crippen LogP contribution in [0.4, 0.5) is 11.8 Å². The molecule has 1 fully saturated rings. The number of nitrogens with zero attached hydrogens (tertiary/aromatic N) is 7. The number of pyridine rings is 2. The van der Waals surface area contributed by atoms with Gasteiger partial charge >= 0.3 is 0 Å². The van der Waals surface area contributed by atoms with E-state index in [1.807, 2.05) is 12.1 Å². The average molecular weight is 442 g/mol. The molecule has 1 aliphatic rings. The minimum absolute atomic E-state index is 0.0869. The topological polar surface area (TPSA) is 133 Å². The molecule has 0 amide bonds. The van der Waals surface area contributed by atoms with Gasteiger partial charge in [-0.3, -0.25) is 14.8 Å². The molecule has 0 aromatic carbocycles. The van der Waals surface area contributed by atoms with Gasteiger partial charge in [0, 0.05) is 61.6 Å². The minimum Gasteiger partial charge on any atom is -0.378 e. The van der Waals surface area contributed by atoms with E-state index in [2.05, 4.69) is 19.9 Å². The quantitative estimate of drug-likeness (QED) is 0.490. The zero-order chi connectivity index (χ0) is 22.8. The van der Waals surface area contributed by atoms with E-state index in [-0.39, 0.29) is 11.7 Å². The summed E-state index contributed by atoms with van der Waals surface area (Å²) >= 11 is 0. The van der Waals surface area contributed by atoms with Crippen LogP contribution < -0.4 is 10.6 Å². The monoisotopic (exact) mass is 442 g/mol. The molecule has 0 atom stereocenters. The third kappa shape index (κ3) is 4.46. The van der Waals surface area contributed by atoms with Gasteiger partial charge in [0.05, 0.1) is 24.3 Å². The van der Waals surface area contributed by atoms with Crippen LogP contribution in [0.3, 0.4) is 0 Å². The van der Waals surface area contributed by atoms with Crippen molar-refractivity contribution >= 4 is 28.6 Å². The zero-order valence-electron chi connectivity index (χ0n) is 18.1. The van der Waals surface area contributed by atoms with E-state index < -0.39 is 0 Å². The van der Waals surface area contributed by atoms with E-state index in [0.29, 0.717) is 55.1 Å². The summed E-state index contributed by atoms with van der Waals surface area (Å²) in [6.07, 6.45) is 8.81. The number of carbonyl (C=O) groups is 1. The molecule has 0 bridgehead atoms. The molecule has 0 aliphatic carbocycles. The second kappa shape index (κ2) is 8.83. The molecular formula is C23H22N8O2. The molecule has 2 N–H and O–H groups in total. The number of Topliss-reactive ketones (excluding diaryl/α,β-unsaturated/α-hetero) is 1. The summed E-state index contributed by atoms with van der Waals surface area (Å²) in [7, 11) is 0. The summed E-state index contributed by atoms with van der Waals surface area (Å²) in [5.74, 6) is 1.51. The minimum atomic E-state index is 0.0869. The van der Waals surface area contributed by atoms with Gasteiger partial charge in [-0.05, 0) is 24.6 Å². The molecule has 0 unspecified atom stereocenters.